The van der Waals surface area contributed by atoms with Crippen LogP contribution in [0.1, 0.15) is 5.56 Å². The van der Waals surface area contributed by atoms with E-state index in [2.05, 4.69) is 4.98 Å². The monoisotopic (exact) mass is 326 g/mol. The van der Waals surface area contributed by atoms with Gasteiger partial charge < -0.3 is 9.64 Å². The smallest absolute Gasteiger partial charge is 0.395 e. The number of aryl methyl sites for hydroxylation is 1. The Morgan fingerprint density at radius 3 is 2.48 bits per heavy atom. The highest BCUT2D eigenvalue weighted by Gasteiger charge is 2.47. The molecule has 0 saturated carbocycles. The first-order chi connectivity index (χ1) is 10.8. The number of halogens is 4. The first-order valence-electron chi connectivity index (χ1n) is 7.04. The number of ether oxygens (including phenoxy) is 1. The molecule has 1 fully saturated rings. The van der Waals surface area contributed by atoms with Crippen molar-refractivity contribution in [3.8, 4) is 11.5 Å². The van der Waals surface area contributed by atoms with E-state index in [-0.39, 0.29) is 18.9 Å². The minimum atomic E-state index is -4.18. The van der Waals surface area contributed by atoms with Crippen molar-refractivity contribution in [2.45, 2.75) is 13.1 Å². The van der Waals surface area contributed by atoms with E-state index in [0.717, 1.165) is 0 Å². The average Bonchev–Trinajstić information content (AvgIpc) is 2.40. The van der Waals surface area contributed by atoms with Gasteiger partial charge in [-0.1, -0.05) is 6.07 Å². The van der Waals surface area contributed by atoms with Gasteiger partial charge in [0, 0.05) is 31.4 Å². The summed E-state index contributed by atoms with van der Waals surface area (Å²) in [5.74, 6) is -0.570. The van der Waals surface area contributed by atoms with Gasteiger partial charge in [-0.05, 0) is 24.6 Å². The molecular formula is C16H14F4N2O. The van der Waals surface area contributed by atoms with Crippen LogP contribution < -0.4 is 9.64 Å². The van der Waals surface area contributed by atoms with Crippen molar-refractivity contribution < 1.29 is 22.3 Å². The molecule has 0 bridgehead atoms. The molecule has 1 saturated heterocycles. The Hall–Kier alpha value is -2.31. The van der Waals surface area contributed by atoms with E-state index >= 15 is 0 Å². The second-order valence-corrected chi connectivity index (χ2v) is 5.51. The summed E-state index contributed by atoms with van der Waals surface area (Å²) >= 11 is 0. The molecule has 0 atom stereocenters. The first kappa shape index (κ1) is 15.6. The lowest BCUT2D eigenvalue weighted by atomic mass is 10.00. The molecule has 1 aliphatic heterocycles. The summed E-state index contributed by atoms with van der Waals surface area (Å²) in [6, 6.07) is 7.60. The van der Waals surface area contributed by atoms with E-state index in [9.17, 15) is 17.6 Å². The van der Waals surface area contributed by atoms with Crippen LogP contribution in [0.2, 0.25) is 0 Å². The van der Waals surface area contributed by atoms with Gasteiger partial charge in [-0.3, -0.25) is 0 Å². The second kappa shape index (κ2) is 5.72. The number of hydrogen-bond acceptors (Lipinski definition) is 3. The van der Waals surface area contributed by atoms with Crippen LogP contribution in [-0.4, -0.2) is 24.2 Å². The Kier molecular flexibility index (Phi) is 3.87. The zero-order chi connectivity index (χ0) is 16.6. The number of benzene rings is 1. The predicted molar refractivity (Wildman–Crippen MR) is 77.2 cm³/mol. The molecule has 7 heteroatoms. The highest BCUT2D eigenvalue weighted by atomic mass is 19.4. The Balaban J connectivity index is 1.70. The number of nitrogens with zero attached hydrogens (tertiary/aromatic N) is 2. The summed E-state index contributed by atoms with van der Waals surface area (Å²) in [7, 11) is 0. The summed E-state index contributed by atoms with van der Waals surface area (Å²) in [6.45, 7) is 1.42. The molecule has 0 spiro atoms. The molecular weight excluding hydrogens is 312 g/mol. The Labute approximate surface area is 130 Å². The fraction of sp³-hybridized carbons (Fsp3) is 0.312. The van der Waals surface area contributed by atoms with Crippen LogP contribution in [0.4, 0.5) is 23.4 Å². The van der Waals surface area contributed by atoms with Crippen LogP contribution >= 0.6 is 0 Å². The molecule has 0 radical (unpaired) electrons. The number of pyridine rings is 1. The fourth-order valence-electron chi connectivity index (χ4n) is 2.28. The normalized spacial score (nSPS) is 15.4. The summed E-state index contributed by atoms with van der Waals surface area (Å²) in [6.07, 6.45) is -2.72. The Morgan fingerprint density at radius 2 is 1.83 bits per heavy atom. The molecule has 0 N–H and O–H groups in total. The van der Waals surface area contributed by atoms with E-state index < -0.39 is 12.1 Å². The molecule has 0 amide bonds. The maximum atomic E-state index is 13.5. The molecule has 122 valence electrons. The highest BCUT2D eigenvalue weighted by molar-refractivity contribution is 5.47. The van der Waals surface area contributed by atoms with Gasteiger partial charge in [0.2, 0.25) is 0 Å². The number of rotatable bonds is 3. The van der Waals surface area contributed by atoms with Crippen molar-refractivity contribution in [2.75, 3.05) is 18.0 Å². The molecule has 1 aliphatic rings. The molecule has 3 rings (SSSR count). The lowest BCUT2D eigenvalue weighted by Gasteiger charge is -2.40. The van der Waals surface area contributed by atoms with E-state index in [0.29, 0.717) is 22.9 Å². The van der Waals surface area contributed by atoms with Crippen LogP contribution in [0.25, 0.3) is 0 Å². The highest BCUT2D eigenvalue weighted by Crippen LogP contribution is 2.36. The molecule has 2 aromatic rings. The van der Waals surface area contributed by atoms with Crippen molar-refractivity contribution >= 4 is 5.82 Å². The maximum Gasteiger partial charge on any atom is 0.395 e. The summed E-state index contributed by atoms with van der Waals surface area (Å²) < 4.78 is 56.6. The number of anilines is 1. The molecule has 0 aliphatic carbocycles. The molecule has 1 aromatic heterocycles. The largest absolute Gasteiger partial charge is 0.457 e. The van der Waals surface area contributed by atoms with Gasteiger partial charge in [-0.2, -0.15) is 13.2 Å². The number of alkyl halides is 3. The fourth-order valence-corrected chi connectivity index (χ4v) is 2.28. The predicted octanol–water partition coefficient (Wildman–Crippen LogP) is 4.32. The van der Waals surface area contributed by atoms with Crippen LogP contribution in [0.15, 0.2) is 36.5 Å². The van der Waals surface area contributed by atoms with Gasteiger partial charge in [0.05, 0.1) is 5.92 Å². The van der Waals surface area contributed by atoms with Crippen molar-refractivity contribution in [3.63, 3.8) is 0 Å². The van der Waals surface area contributed by atoms with Crippen molar-refractivity contribution in [1.29, 1.82) is 0 Å². The van der Waals surface area contributed by atoms with E-state index in [1.54, 1.807) is 31.2 Å². The van der Waals surface area contributed by atoms with E-state index in [1.807, 2.05) is 0 Å². The Morgan fingerprint density at radius 1 is 1.13 bits per heavy atom. The van der Waals surface area contributed by atoms with E-state index in [1.165, 1.54) is 17.2 Å². The average molecular weight is 326 g/mol. The standard InChI is InChI=1S/C16H14F4N2O/c1-10-2-3-12(6-14(10)17)23-13-4-5-21-15(7-13)22-8-11(9-22)16(18,19)20/h2-7,11H,8-9H2,1H3. The number of aromatic nitrogens is 1. The van der Waals surface area contributed by atoms with Gasteiger partial charge in [0.15, 0.2) is 0 Å². The lowest BCUT2D eigenvalue weighted by Crippen LogP contribution is -2.53. The molecule has 0 unspecified atom stereocenters. The van der Waals surface area contributed by atoms with Crippen LogP contribution in [0.3, 0.4) is 0 Å². The van der Waals surface area contributed by atoms with Crippen molar-refractivity contribution in [2.24, 2.45) is 5.92 Å². The van der Waals surface area contributed by atoms with Crippen molar-refractivity contribution in [1.82, 2.24) is 4.98 Å². The first-order valence-corrected chi connectivity index (χ1v) is 7.04. The third-order valence-electron chi connectivity index (χ3n) is 3.76. The topological polar surface area (TPSA) is 25.4 Å². The SMILES string of the molecule is Cc1ccc(Oc2ccnc(N3CC(C(F)(F)F)C3)c2)cc1F. The summed E-state index contributed by atoms with van der Waals surface area (Å²) in [4.78, 5) is 5.58. The van der Waals surface area contributed by atoms with Gasteiger partial charge in [0.25, 0.3) is 0 Å². The minimum Gasteiger partial charge on any atom is -0.457 e. The van der Waals surface area contributed by atoms with Crippen LogP contribution in [0.5, 0.6) is 11.5 Å². The third-order valence-corrected chi connectivity index (χ3v) is 3.76. The third kappa shape index (κ3) is 3.38. The molecule has 3 nitrogen and oxygen atoms in total. The minimum absolute atomic E-state index is 0.112. The number of hydrogen-bond donors (Lipinski definition) is 0. The zero-order valence-electron chi connectivity index (χ0n) is 12.3. The maximum absolute atomic E-state index is 13.5. The quantitative estimate of drug-likeness (QED) is 0.786. The van der Waals surface area contributed by atoms with Crippen LogP contribution in [-0.2, 0) is 0 Å². The lowest BCUT2D eigenvalue weighted by molar-refractivity contribution is -0.180. The zero-order valence-corrected chi connectivity index (χ0v) is 12.3. The Bertz CT molecular complexity index is 711. The van der Waals surface area contributed by atoms with Gasteiger partial charge >= 0.3 is 6.18 Å². The van der Waals surface area contributed by atoms with Gasteiger partial charge in [0.1, 0.15) is 23.1 Å². The molecule has 2 heterocycles. The van der Waals surface area contributed by atoms with E-state index in [4.69, 9.17) is 4.74 Å². The van der Waals surface area contributed by atoms with Gasteiger partial charge in [-0.15, -0.1) is 0 Å². The molecule has 1 aromatic carbocycles. The van der Waals surface area contributed by atoms with Crippen LogP contribution in [0, 0.1) is 18.7 Å². The second-order valence-electron chi connectivity index (χ2n) is 5.51. The van der Waals surface area contributed by atoms with Gasteiger partial charge in [-0.25, -0.2) is 9.37 Å². The summed E-state index contributed by atoms with van der Waals surface area (Å²) in [5.41, 5.74) is 0.506. The van der Waals surface area contributed by atoms with Crippen molar-refractivity contribution in [3.05, 3.63) is 47.9 Å². The molecule has 23 heavy (non-hydrogen) atoms. The summed E-state index contributed by atoms with van der Waals surface area (Å²) in [5, 5.41) is 0.